The lowest BCUT2D eigenvalue weighted by atomic mass is 9.80. The van der Waals surface area contributed by atoms with Crippen LogP contribution in [0.3, 0.4) is 0 Å². The van der Waals surface area contributed by atoms with Crippen LogP contribution >= 0.6 is 11.6 Å². The zero-order chi connectivity index (χ0) is 17.5. The minimum atomic E-state index is -1.30. The smallest absolute Gasteiger partial charge is 0.451 e. The van der Waals surface area contributed by atoms with Crippen molar-refractivity contribution in [1.29, 1.82) is 0 Å². The molecule has 5 nitrogen and oxygen atoms in total. The van der Waals surface area contributed by atoms with E-state index in [4.69, 9.17) is 21.6 Å². The van der Waals surface area contributed by atoms with Crippen molar-refractivity contribution < 1.29 is 19.9 Å². The normalized spacial score (nSPS) is 21.1. The molecule has 3 N–H and O–H groups in total. The van der Waals surface area contributed by atoms with Crippen LogP contribution in [0.4, 0.5) is 0 Å². The van der Waals surface area contributed by atoms with Crippen molar-refractivity contribution >= 4 is 24.7 Å². The van der Waals surface area contributed by atoms with E-state index in [1.807, 2.05) is 24.3 Å². The van der Waals surface area contributed by atoms with Gasteiger partial charge in [-0.2, -0.15) is 0 Å². The summed E-state index contributed by atoms with van der Waals surface area (Å²) < 4.78 is 0. The first-order valence-electron chi connectivity index (χ1n) is 8.51. The predicted molar refractivity (Wildman–Crippen MR) is 95.1 cm³/mol. The molecule has 0 spiro atoms. The molecular weight excluding hydrogens is 328 g/mol. The zero-order valence-electron chi connectivity index (χ0n) is 13.8. The number of aliphatic carboxylic acids is 1. The fraction of sp³-hybridized carbons (Fsp3) is 0.588. The van der Waals surface area contributed by atoms with Crippen LogP contribution in [-0.2, 0) is 11.2 Å². The Bertz CT molecular complexity index is 526. The summed E-state index contributed by atoms with van der Waals surface area (Å²) in [5, 5.41) is 28.0. The Balaban J connectivity index is 1.76. The first-order valence-corrected chi connectivity index (χ1v) is 8.89. The number of aryl methyl sites for hydroxylation is 1. The van der Waals surface area contributed by atoms with Crippen LogP contribution < -0.4 is 0 Å². The van der Waals surface area contributed by atoms with Crippen LogP contribution in [0.2, 0.25) is 11.3 Å². The highest BCUT2D eigenvalue weighted by Gasteiger charge is 2.36. The van der Waals surface area contributed by atoms with Gasteiger partial charge in [0.15, 0.2) is 0 Å². The third-order valence-electron chi connectivity index (χ3n) is 4.72. The quantitative estimate of drug-likeness (QED) is 0.593. The molecule has 1 heterocycles. The largest absolute Gasteiger partial charge is 0.481 e. The lowest BCUT2D eigenvalue weighted by Crippen LogP contribution is -2.24. The summed E-state index contributed by atoms with van der Waals surface area (Å²) in [5.41, 5.74) is 1.24. The van der Waals surface area contributed by atoms with E-state index < -0.39 is 13.1 Å². The summed E-state index contributed by atoms with van der Waals surface area (Å²) in [6, 6.07) is 7.82. The van der Waals surface area contributed by atoms with E-state index in [-0.39, 0.29) is 11.8 Å². The van der Waals surface area contributed by atoms with Gasteiger partial charge >= 0.3 is 13.1 Å². The molecule has 0 aromatic heterocycles. The van der Waals surface area contributed by atoms with Crippen LogP contribution in [0.5, 0.6) is 0 Å². The van der Waals surface area contributed by atoms with Crippen LogP contribution in [0.15, 0.2) is 24.3 Å². The van der Waals surface area contributed by atoms with Crippen molar-refractivity contribution in [2.75, 3.05) is 19.6 Å². The summed E-state index contributed by atoms with van der Waals surface area (Å²) in [6.07, 6.45) is 3.61. The Morgan fingerprint density at radius 2 is 1.92 bits per heavy atom. The molecule has 0 bridgehead atoms. The fourth-order valence-electron chi connectivity index (χ4n) is 3.44. The Morgan fingerprint density at radius 1 is 1.21 bits per heavy atom. The van der Waals surface area contributed by atoms with Gasteiger partial charge in [0, 0.05) is 18.1 Å². The predicted octanol–water partition coefficient (Wildman–Crippen LogP) is 2.16. The third-order valence-corrected chi connectivity index (χ3v) is 4.98. The summed E-state index contributed by atoms with van der Waals surface area (Å²) in [4.78, 5) is 13.7. The zero-order valence-corrected chi connectivity index (χ0v) is 14.5. The van der Waals surface area contributed by atoms with Crippen molar-refractivity contribution in [3.05, 3.63) is 34.9 Å². The number of rotatable bonds is 9. The minimum absolute atomic E-state index is 0.0942. The molecule has 0 amide bonds. The maximum atomic E-state index is 11.4. The number of nitrogens with zero attached hydrogens (tertiary/aromatic N) is 1. The monoisotopic (exact) mass is 353 g/mol. The highest BCUT2D eigenvalue weighted by molar-refractivity contribution is 6.40. The molecule has 1 fully saturated rings. The van der Waals surface area contributed by atoms with Gasteiger partial charge in [-0.3, -0.25) is 4.79 Å². The maximum absolute atomic E-state index is 11.4. The molecule has 1 aromatic carbocycles. The number of carboxylic acid groups (broad SMARTS) is 1. The molecule has 2 rings (SSSR count). The van der Waals surface area contributed by atoms with Gasteiger partial charge in [0.2, 0.25) is 0 Å². The highest BCUT2D eigenvalue weighted by Crippen LogP contribution is 2.28. The molecule has 0 radical (unpaired) electrons. The Morgan fingerprint density at radius 3 is 2.54 bits per heavy atom. The van der Waals surface area contributed by atoms with Gasteiger partial charge in [-0.05, 0) is 55.7 Å². The average Bonchev–Trinajstić information content (AvgIpc) is 2.92. The van der Waals surface area contributed by atoms with Crippen LogP contribution in [0.25, 0.3) is 0 Å². The molecular formula is C17H25BClNO4. The number of hydrogen-bond acceptors (Lipinski definition) is 4. The minimum Gasteiger partial charge on any atom is -0.481 e. The molecule has 1 saturated heterocycles. The lowest BCUT2D eigenvalue weighted by molar-refractivity contribution is -0.142. The second-order valence-corrected chi connectivity index (χ2v) is 7.04. The topological polar surface area (TPSA) is 81.0 Å². The molecule has 0 aliphatic carbocycles. The number of carbonyl (C=O) groups is 1. The Hall–Kier alpha value is -1.08. The molecule has 2 atom stereocenters. The second-order valence-electron chi connectivity index (χ2n) is 6.61. The molecule has 1 aromatic rings. The fourth-order valence-corrected chi connectivity index (χ4v) is 3.56. The number of halogens is 1. The Kier molecular flexibility index (Phi) is 7.56. The molecule has 132 valence electrons. The van der Waals surface area contributed by atoms with Gasteiger partial charge < -0.3 is 20.1 Å². The molecule has 1 unspecified atom stereocenters. The van der Waals surface area contributed by atoms with Gasteiger partial charge in [0.05, 0.1) is 5.92 Å². The van der Waals surface area contributed by atoms with Gasteiger partial charge in [-0.1, -0.05) is 30.2 Å². The molecule has 24 heavy (non-hydrogen) atoms. The standard InChI is InChI=1S/C17H25BClNO4/c19-15-7-5-13(6-8-15)3-2-10-20-11-14(4-1-9-18(23)24)16(12-20)17(21)22/h5-8,14,16,23-24H,1-4,9-12H2,(H,21,22)/t14?,16-/m1/s1. The number of likely N-dealkylation sites (tertiary alicyclic amines) is 1. The van der Waals surface area contributed by atoms with Crippen LogP contribution in [-0.4, -0.2) is 52.8 Å². The highest BCUT2D eigenvalue weighted by atomic mass is 35.5. The van der Waals surface area contributed by atoms with Gasteiger partial charge in [0.1, 0.15) is 0 Å². The third kappa shape index (κ3) is 6.09. The van der Waals surface area contributed by atoms with Crippen molar-refractivity contribution in [1.82, 2.24) is 4.90 Å². The first kappa shape index (κ1) is 19.3. The summed E-state index contributed by atoms with van der Waals surface area (Å²) >= 11 is 5.88. The van der Waals surface area contributed by atoms with Crippen molar-refractivity contribution in [2.45, 2.75) is 32.0 Å². The molecule has 1 aliphatic heterocycles. The first-order chi connectivity index (χ1) is 11.5. The van der Waals surface area contributed by atoms with Gasteiger partial charge in [0.25, 0.3) is 0 Å². The number of benzene rings is 1. The Labute approximate surface area is 148 Å². The van der Waals surface area contributed by atoms with Gasteiger partial charge in [-0.15, -0.1) is 0 Å². The summed E-state index contributed by atoms with van der Waals surface area (Å²) in [5.74, 6) is -1.00. The number of hydrogen-bond donors (Lipinski definition) is 3. The van der Waals surface area contributed by atoms with Crippen molar-refractivity contribution in [3.8, 4) is 0 Å². The van der Waals surface area contributed by atoms with Crippen LogP contribution in [0.1, 0.15) is 24.8 Å². The lowest BCUT2D eigenvalue weighted by Gasteiger charge is -2.15. The van der Waals surface area contributed by atoms with Gasteiger partial charge in [-0.25, -0.2) is 0 Å². The average molecular weight is 354 g/mol. The van der Waals surface area contributed by atoms with E-state index in [2.05, 4.69) is 4.90 Å². The van der Waals surface area contributed by atoms with Crippen LogP contribution in [0, 0.1) is 11.8 Å². The molecule has 7 heteroatoms. The summed E-state index contributed by atoms with van der Waals surface area (Å²) in [6.45, 7) is 2.24. The van der Waals surface area contributed by atoms with E-state index in [1.54, 1.807) is 0 Å². The van der Waals surface area contributed by atoms with E-state index in [9.17, 15) is 9.90 Å². The van der Waals surface area contributed by atoms with E-state index in [0.717, 1.165) is 37.4 Å². The maximum Gasteiger partial charge on any atom is 0.451 e. The molecule has 0 saturated carbocycles. The SMILES string of the molecule is O=C(O)[C@@H]1CN(CCCc2ccc(Cl)cc2)CC1CCCB(O)O. The van der Waals surface area contributed by atoms with E-state index >= 15 is 0 Å². The number of carboxylic acids is 1. The second kappa shape index (κ2) is 9.42. The summed E-state index contributed by atoms with van der Waals surface area (Å²) in [7, 11) is -1.30. The van der Waals surface area contributed by atoms with Crippen molar-refractivity contribution in [2.24, 2.45) is 11.8 Å². The molecule has 1 aliphatic rings. The van der Waals surface area contributed by atoms with Crippen molar-refractivity contribution in [3.63, 3.8) is 0 Å². The van der Waals surface area contributed by atoms with E-state index in [1.165, 1.54) is 5.56 Å². The van der Waals surface area contributed by atoms with E-state index in [0.29, 0.717) is 19.3 Å².